The van der Waals surface area contributed by atoms with Crippen LogP contribution in [0.4, 0.5) is 0 Å². The highest BCUT2D eigenvalue weighted by Gasteiger charge is 2.16. The van der Waals surface area contributed by atoms with Gasteiger partial charge in [0.2, 0.25) is 0 Å². The van der Waals surface area contributed by atoms with Gasteiger partial charge in [-0.05, 0) is 43.7 Å². The first-order valence-electron chi connectivity index (χ1n) is 6.43. The van der Waals surface area contributed by atoms with Gasteiger partial charge in [0.25, 0.3) is 0 Å². The fraction of sp³-hybridized carbons (Fsp3) is 0.333. The number of rotatable bonds is 4. The molecule has 2 rings (SSSR count). The van der Waals surface area contributed by atoms with E-state index < -0.39 is 5.97 Å². The Morgan fingerprint density at radius 1 is 1.35 bits per heavy atom. The van der Waals surface area contributed by atoms with Crippen LogP contribution in [-0.4, -0.2) is 29.5 Å². The minimum atomic E-state index is -0.402. The monoisotopic (exact) mass is 274 g/mol. The number of carbonyl (C=O) groups excluding carboxylic acids is 1. The Hall–Kier alpha value is -2.30. The molecule has 1 heterocycles. The molecule has 0 radical (unpaired) electrons. The lowest BCUT2D eigenvalue weighted by Crippen LogP contribution is -2.05. The zero-order valence-corrected chi connectivity index (χ0v) is 12.1. The predicted molar refractivity (Wildman–Crippen MR) is 75.9 cm³/mol. The minimum Gasteiger partial charge on any atom is -0.497 e. The molecular formula is C15H18N2O3. The van der Waals surface area contributed by atoms with E-state index in [0.29, 0.717) is 12.3 Å². The lowest BCUT2D eigenvalue weighted by molar-refractivity contribution is 0.0518. The molecule has 0 aliphatic rings. The van der Waals surface area contributed by atoms with Crippen molar-refractivity contribution in [2.24, 2.45) is 7.05 Å². The van der Waals surface area contributed by atoms with E-state index in [4.69, 9.17) is 9.47 Å². The number of methoxy groups -OCH3 is 1. The molecule has 0 saturated carbocycles. The van der Waals surface area contributed by atoms with Gasteiger partial charge in [-0.15, -0.1) is 0 Å². The molecule has 106 valence electrons. The fourth-order valence-electron chi connectivity index (χ4n) is 2.07. The first-order chi connectivity index (χ1) is 9.56. The van der Waals surface area contributed by atoms with Gasteiger partial charge in [-0.3, -0.25) is 4.68 Å². The number of aryl methyl sites for hydroxylation is 2. The normalized spacial score (nSPS) is 10.4. The second-order valence-corrected chi connectivity index (χ2v) is 4.44. The van der Waals surface area contributed by atoms with Crippen molar-refractivity contribution < 1.29 is 14.3 Å². The van der Waals surface area contributed by atoms with Crippen molar-refractivity contribution in [2.75, 3.05) is 13.7 Å². The van der Waals surface area contributed by atoms with Crippen molar-refractivity contribution in [1.82, 2.24) is 9.78 Å². The molecule has 0 aliphatic carbocycles. The predicted octanol–water partition coefficient (Wildman–Crippen LogP) is 2.58. The van der Waals surface area contributed by atoms with Gasteiger partial charge in [0.05, 0.1) is 19.4 Å². The third-order valence-electron chi connectivity index (χ3n) is 3.07. The average molecular weight is 274 g/mol. The molecule has 0 saturated heterocycles. The molecule has 2 aromatic rings. The molecule has 0 unspecified atom stereocenters. The summed E-state index contributed by atoms with van der Waals surface area (Å²) in [4.78, 5) is 11.7. The van der Waals surface area contributed by atoms with Gasteiger partial charge in [-0.1, -0.05) is 0 Å². The number of ether oxygens (including phenoxy) is 2. The minimum absolute atomic E-state index is 0.319. The average Bonchev–Trinajstić information content (AvgIpc) is 2.81. The molecule has 20 heavy (non-hydrogen) atoms. The van der Waals surface area contributed by atoms with E-state index in [1.807, 2.05) is 32.2 Å². The lowest BCUT2D eigenvalue weighted by Gasteiger charge is -2.08. The maximum Gasteiger partial charge on any atom is 0.358 e. The van der Waals surface area contributed by atoms with Crippen molar-refractivity contribution in [1.29, 1.82) is 0 Å². The van der Waals surface area contributed by atoms with Gasteiger partial charge < -0.3 is 9.47 Å². The van der Waals surface area contributed by atoms with E-state index in [1.54, 1.807) is 24.8 Å². The molecule has 1 aromatic heterocycles. The summed E-state index contributed by atoms with van der Waals surface area (Å²) < 4.78 is 11.8. The summed E-state index contributed by atoms with van der Waals surface area (Å²) in [7, 11) is 3.44. The molecule has 0 N–H and O–H groups in total. The number of esters is 1. The highest BCUT2D eigenvalue weighted by atomic mass is 16.5. The number of benzene rings is 1. The number of nitrogens with zero attached hydrogens (tertiary/aromatic N) is 2. The quantitative estimate of drug-likeness (QED) is 0.804. The largest absolute Gasteiger partial charge is 0.497 e. The third kappa shape index (κ3) is 2.66. The summed E-state index contributed by atoms with van der Waals surface area (Å²) in [5.41, 5.74) is 3.26. The van der Waals surface area contributed by atoms with Crippen LogP contribution in [0.1, 0.15) is 23.0 Å². The maximum atomic E-state index is 11.7. The summed E-state index contributed by atoms with van der Waals surface area (Å²) in [5, 5.41) is 4.20. The van der Waals surface area contributed by atoms with Crippen molar-refractivity contribution in [3.05, 3.63) is 35.5 Å². The SMILES string of the molecule is CCOC(=O)c1cc(-c2ccc(OC)cc2C)n(C)n1. The van der Waals surface area contributed by atoms with Gasteiger partial charge in [0.15, 0.2) is 5.69 Å². The Labute approximate surface area is 118 Å². The van der Waals surface area contributed by atoms with Crippen LogP contribution in [-0.2, 0) is 11.8 Å². The smallest absolute Gasteiger partial charge is 0.358 e. The van der Waals surface area contributed by atoms with Crippen LogP contribution in [0.15, 0.2) is 24.3 Å². The van der Waals surface area contributed by atoms with Crippen LogP contribution < -0.4 is 4.74 Å². The third-order valence-corrected chi connectivity index (χ3v) is 3.07. The molecular weight excluding hydrogens is 256 g/mol. The molecule has 0 spiro atoms. The van der Waals surface area contributed by atoms with Gasteiger partial charge in [-0.25, -0.2) is 4.79 Å². The van der Waals surface area contributed by atoms with Crippen molar-refractivity contribution >= 4 is 5.97 Å². The van der Waals surface area contributed by atoms with E-state index in [1.165, 1.54) is 0 Å². The summed E-state index contributed by atoms with van der Waals surface area (Å²) in [6.45, 7) is 4.11. The topological polar surface area (TPSA) is 53.4 Å². The van der Waals surface area contributed by atoms with Gasteiger partial charge >= 0.3 is 5.97 Å². The van der Waals surface area contributed by atoms with Crippen LogP contribution in [0.3, 0.4) is 0 Å². The molecule has 0 amide bonds. The lowest BCUT2D eigenvalue weighted by atomic mass is 10.1. The highest BCUT2D eigenvalue weighted by Crippen LogP contribution is 2.27. The van der Waals surface area contributed by atoms with Crippen molar-refractivity contribution in [3.63, 3.8) is 0 Å². The first-order valence-corrected chi connectivity index (χ1v) is 6.43. The molecule has 5 nitrogen and oxygen atoms in total. The molecule has 5 heteroatoms. The van der Waals surface area contributed by atoms with Gasteiger partial charge in [-0.2, -0.15) is 5.10 Å². The first kappa shape index (κ1) is 14.1. The van der Waals surface area contributed by atoms with Crippen LogP contribution in [0, 0.1) is 6.92 Å². The van der Waals surface area contributed by atoms with Gasteiger partial charge in [0.1, 0.15) is 5.75 Å². The Bertz CT molecular complexity index is 632. The van der Waals surface area contributed by atoms with Crippen LogP contribution in [0.2, 0.25) is 0 Å². The van der Waals surface area contributed by atoms with Gasteiger partial charge in [0, 0.05) is 12.6 Å². The molecule has 0 aliphatic heterocycles. The number of carbonyl (C=O) groups is 1. The second kappa shape index (κ2) is 5.77. The van der Waals surface area contributed by atoms with Crippen LogP contribution in [0.25, 0.3) is 11.3 Å². The van der Waals surface area contributed by atoms with E-state index in [-0.39, 0.29) is 0 Å². The molecule has 1 aromatic carbocycles. The summed E-state index contributed by atoms with van der Waals surface area (Å²) in [6.07, 6.45) is 0. The number of hydrogen-bond donors (Lipinski definition) is 0. The molecule has 0 bridgehead atoms. The van der Waals surface area contributed by atoms with Crippen LogP contribution >= 0.6 is 0 Å². The molecule has 0 fully saturated rings. The van der Waals surface area contributed by atoms with Crippen molar-refractivity contribution in [2.45, 2.75) is 13.8 Å². The van der Waals surface area contributed by atoms with E-state index in [2.05, 4.69) is 5.10 Å². The fourth-order valence-corrected chi connectivity index (χ4v) is 2.07. The van der Waals surface area contributed by atoms with Crippen molar-refractivity contribution in [3.8, 4) is 17.0 Å². The molecule has 0 atom stereocenters. The Morgan fingerprint density at radius 3 is 2.70 bits per heavy atom. The standard InChI is InChI=1S/C15H18N2O3/c1-5-20-15(18)13-9-14(17(3)16-13)12-7-6-11(19-4)8-10(12)2/h6-9H,5H2,1-4H3. The summed E-state index contributed by atoms with van der Waals surface area (Å²) in [6, 6.07) is 7.54. The number of hydrogen-bond acceptors (Lipinski definition) is 4. The second-order valence-electron chi connectivity index (χ2n) is 4.44. The summed E-state index contributed by atoms with van der Waals surface area (Å²) in [5.74, 6) is 0.402. The Morgan fingerprint density at radius 2 is 2.10 bits per heavy atom. The van der Waals surface area contributed by atoms with Crippen LogP contribution in [0.5, 0.6) is 5.75 Å². The Balaban J connectivity index is 2.40. The zero-order valence-electron chi connectivity index (χ0n) is 12.1. The van der Waals surface area contributed by atoms with E-state index >= 15 is 0 Å². The summed E-state index contributed by atoms with van der Waals surface area (Å²) >= 11 is 0. The maximum absolute atomic E-state index is 11.7. The van der Waals surface area contributed by atoms with E-state index in [0.717, 1.165) is 22.6 Å². The number of aromatic nitrogens is 2. The van der Waals surface area contributed by atoms with E-state index in [9.17, 15) is 4.79 Å². The highest BCUT2D eigenvalue weighted by molar-refractivity contribution is 5.88. The zero-order chi connectivity index (χ0) is 14.7. The Kier molecular flexibility index (Phi) is 4.08.